The summed E-state index contributed by atoms with van der Waals surface area (Å²) >= 11 is 0. The molecule has 2 unspecified atom stereocenters. The molecule has 0 heterocycles. The molecule has 0 spiro atoms. The number of aliphatic hydroxyl groups excluding tert-OH is 2. The average Bonchev–Trinajstić information content (AvgIpc) is 2.02. The maximum Gasteiger partial charge on any atom is 0.0639 e. The molecule has 4 nitrogen and oxygen atoms in total. The van der Waals surface area contributed by atoms with E-state index in [9.17, 15) is 10.2 Å². The molecule has 0 aromatic heterocycles. The largest absolute Gasteiger partial charge is 0.392 e. The predicted octanol–water partition coefficient (Wildman–Crippen LogP) is 0.0865. The van der Waals surface area contributed by atoms with Gasteiger partial charge in [0.15, 0.2) is 0 Å². The van der Waals surface area contributed by atoms with E-state index in [-0.39, 0.29) is 12.2 Å². The lowest BCUT2D eigenvalue weighted by Crippen LogP contribution is -2.38. The zero-order valence-electron chi connectivity index (χ0n) is 9.44. The van der Waals surface area contributed by atoms with Crippen molar-refractivity contribution in [2.24, 2.45) is 0 Å². The van der Waals surface area contributed by atoms with Crippen LogP contribution in [0.25, 0.3) is 0 Å². The lowest BCUT2D eigenvalue weighted by Gasteiger charge is -2.24. The molecule has 0 rings (SSSR count). The standard InChI is InChI=1S/C10H23NO3/c1-4-14-6-5-11(7-9(2)12)8-10(3)13/h9-10,12-13H,4-8H2,1-3H3. The summed E-state index contributed by atoms with van der Waals surface area (Å²) in [7, 11) is 0. The Morgan fingerprint density at radius 2 is 1.64 bits per heavy atom. The van der Waals surface area contributed by atoms with Gasteiger partial charge in [0.1, 0.15) is 0 Å². The van der Waals surface area contributed by atoms with Crippen molar-refractivity contribution in [1.82, 2.24) is 4.90 Å². The summed E-state index contributed by atoms with van der Waals surface area (Å²) < 4.78 is 5.22. The first-order chi connectivity index (χ1) is 6.56. The zero-order chi connectivity index (χ0) is 11.0. The van der Waals surface area contributed by atoms with Crippen molar-refractivity contribution < 1.29 is 14.9 Å². The van der Waals surface area contributed by atoms with E-state index < -0.39 is 0 Å². The van der Waals surface area contributed by atoms with Gasteiger partial charge in [0.05, 0.1) is 18.8 Å². The Morgan fingerprint density at radius 3 is 2.00 bits per heavy atom. The van der Waals surface area contributed by atoms with Gasteiger partial charge in [-0.25, -0.2) is 0 Å². The Morgan fingerprint density at radius 1 is 1.14 bits per heavy atom. The highest BCUT2D eigenvalue weighted by atomic mass is 16.5. The number of aliphatic hydroxyl groups is 2. The van der Waals surface area contributed by atoms with Crippen molar-refractivity contribution in [3.63, 3.8) is 0 Å². The first-order valence-corrected chi connectivity index (χ1v) is 5.22. The molecule has 2 N–H and O–H groups in total. The second-order valence-electron chi connectivity index (χ2n) is 3.65. The van der Waals surface area contributed by atoms with Gasteiger partial charge in [-0.2, -0.15) is 0 Å². The first-order valence-electron chi connectivity index (χ1n) is 5.22. The maximum absolute atomic E-state index is 9.23. The van der Waals surface area contributed by atoms with Gasteiger partial charge in [0.2, 0.25) is 0 Å². The molecule has 86 valence electrons. The summed E-state index contributed by atoms with van der Waals surface area (Å²) in [4.78, 5) is 2.00. The van der Waals surface area contributed by atoms with Crippen LogP contribution in [0, 0.1) is 0 Å². The molecule has 0 fully saturated rings. The van der Waals surface area contributed by atoms with Crippen LogP contribution in [0.3, 0.4) is 0 Å². The van der Waals surface area contributed by atoms with Crippen LogP contribution in [0.5, 0.6) is 0 Å². The van der Waals surface area contributed by atoms with Crippen molar-refractivity contribution in [1.29, 1.82) is 0 Å². The Bertz CT molecular complexity index is 119. The summed E-state index contributed by atoms with van der Waals surface area (Å²) in [5.41, 5.74) is 0. The fraction of sp³-hybridized carbons (Fsp3) is 1.00. The SMILES string of the molecule is CCOCCN(CC(C)O)CC(C)O. The van der Waals surface area contributed by atoms with E-state index in [4.69, 9.17) is 4.74 Å². The summed E-state index contributed by atoms with van der Waals surface area (Å²) in [6.45, 7) is 8.71. The van der Waals surface area contributed by atoms with Crippen LogP contribution in [-0.4, -0.2) is 60.2 Å². The van der Waals surface area contributed by atoms with Crippen LogP contribution in [0.1, 0.15) is 20.8 Å². The van der Waals surface area contributed by atoms with Gasteiger partial charge in [-0.3, -0.25) is 4.90 Å². The monoisotopic (exact) mass is 205 g/mol. The quantitative estimate of drug-likeness (QED) is 0.551. The van der Waals surface area contributed by atoms with Crippen molar-refractivity contribution in [2.75, 3.05) is 32.8 Å². The van der Waals surface area contributed by atoms with E-state index in [1.165, 1.54) is 0 Å². The van der Waals surface area contributed by atoms with E-state index in [2.05, 4.69) is 0 Å². The van der Waals surface area contributed by atoms with Gasteiger partial charge in [-0.05, 0) is 20.8 Å². The number of ether oxygens (including phenoxy) is 1. The smallest absolute Gasteiger partial charge is 0.0639 e. The minimum Gasteiger partial charge on any atom is -0.392 e. The molecule has 0 aliphatic heterocycles. The molecule has 0 saturated heterocycles. The molecule has 0 aliphatic carbocycles. The van der Waals surface area contributed by atoms with Crippen molar-refractivity contribution in [3.05, 3.63) is 0 Å². The first kappa shape index (κ1) is 13.8. The van der Waals surface area contributed by atoms with Gasteiger partial charge in [0, 0.05) is 26.2 Å². The van der Waals surface area contributed by atoms with E-state index in [1.807, 2.05) is 11.8 Å². The zero-order valence-corrected chi connectivity index (χ0v) is 9.44. The molecule has 2 atom stereocenters. The topological polar surface area (TPSA) is 52.9 Å². The molecule has 0 aliphatic rings. The highest BCUT2D eigenvalue weighted by Crippen LogP contribution is 1.95. The molecule has 0 saturated carbocycles. The van der Waals surface area contributed by atoms with Gasteiger partial charge >= 0.3 is 0 Å². The van der Waals surface area contributed by atoms with Gasteiger partial charge in [-0.1, -0.05) is 0 Å². The summed E-state index contributed by atoms with van der Waals surface area (Å²) in [6, 6.07) is 0. The van der Waals surface area contributed by atoms with Gasteiger partial charge in [-0.15, -0.1) is 0 Å². The second-order valence-corrected chi connectivity index (χ2v) is 3.65. The van der Waals surface area contributed by atoms with Crippen molar-refractivity contribution >= 4 is 0 Å². The molecule has 14 heavy (non-hydrogen) atoms. The summed E-state index contributed by atoms with van der Waals surface area (Å²) in [5.74, 6) is 0. The molecule has 0 radical (unpaired) electrons. The summed E-state index contributed by atoms with van der Waals surface area (Å²) in [5, 5.41) is 18.5. The second kappa shape index (κ2) is 8.17. The molecular formula is C10H23NO3. The van der Waals surface area contributed by atoms with Gasteiger partial charge < -0.3 is 14.9 Å². The fourth-order valence-corrected chi connectivity index (χ4v) is 1.34. The highest BCUT2D eigenvalue weighted by molar-refractivity contribution is 4.64. The Balaban J connectivity index is 3.72. The van der Waals surface area contributed by atoms with E-state index in [0.29, 0.717) is 26.3 Å². The molecule has 0 amide bonds. The van der Waals surface area contributed by atoms with Crippen LogP contribution >= 0.6 is 0 Å². The highest BCUT2D eigenvalue weighted by Gasteiger charge is 2.10. The Kier molecular flexibility index (Phi) is 8.08. The Hall–Kier alpha value is -0.160. The maximum atomic E-state index is 9.23. The predicted molar refractivity (Wildman–Crippen MR) is 56.3 cm³/mol. The normalized spacial score (nSPS) is 15.9. The van der Waals surface area contributed by atoms with Crippen LogP contribution in [-0.2, 0) is 4.74 Å². The van der Waals surface area contributed by atoms with E-state index in [0.717, 1.165) is 6.54 Å². The minimum absolute atomic E-state index is 0.365. The third-order valence-electron chi connectivity index (χ3n) is 1.80. The molecule has 0 bridgehead atoms. The number of hydrogen-bond acceptors (Lipinski definition) is 4. The van der Waals surface area contributed by atoms with E-state index in [1.54, 1.807) is 13.8 Å². The fourth-order valence-electron chi connectivity index (χ4n) is 1.34. The van der Waals surface area contributed by atoms with Crippen molar-refractivity contribution in [3.8, 4) is 0 Å². The Labute approximate surface area is 86.5 Å². The lowest BCUT2D eigenvalue weighted by molar-refractivity contribution is 0.0559. The lowest BCUT2D eigenvalue weighted by atomic mass is 10.3. The molecular weight excluding hydrogens is 182 g/mol. The average molecular weight is 205 g/mol. The van der Waals surface area contributed by atoms with Gasteiger partial charge in [0.25, 0.3) is 0 Å². The third-order valence-corrected chi connectivity index (χ3v) is 1.80. The number of hydrogen-bond donors (Lipinski definition) is 2. The van der Waals surface area contributed by atoms with Crippen LogP contribution < -0.4 is 0 Å². The van der Waals surface area contributed by atoms with E-state index >= 15 is 0 Å². The third kappa shape index (κ3) is 8.44. The number of nitrogens with zero attached hydrogens (tertiary/aromatic N) is 1. The molecule has 0 aromatic rings. The van der Waals surface area contributed by atoms with Crippen LogP contribution in [0.4, 0.5) is 0 Å². The summed E-state index contributed by atoms with van der Waals surface area (Å²) in [6.07, 6.45) is -0.731. The van der Waals surface area contributed by atoms with Crippen molar-refractivity contribution in [2.45, 2.75) is 33.0 Å². The van der Waals surface area contributed by atoms with Crippen LogP contribution in [0.2, 0.25) is 0 Å². The van der Waals surface area contributed by atoms with Crippen LogP contribution in [0.15, 0.2) is 0 Å². The molecule has 4 heteroatoms. The number of rotatable bonds is 8. The minimum atomic E-state index is -0.365. The molecule has 0 aromatic carbocycles.